The van der Waals surface area contributed by atoms with Crippen molar-refractivity contribution < 1.29 is 28.8 Å². The number of non-ortho nitro benzene ring substituents is 1. The van der Waals surface area contributed by atoms with E-state index in [1.807, 2.05) is 35.5 Å². The Kier molecular flexibility index (Phi) is 5.25. The third kappa shape index (κ3) is 3.39. The number of aromatic nitrogens is 2. The number of carbonyl (C=O) groups excluding carboxylic acids is 2. The van der Waals surface area contributed by atoms with E-state index in [9.17, 15) is 24.8 Å². The molecule has 1 saturated heterocycles. The number of aliphatic hydroxyl groups excluding tert-OH is 1. The van der Waals surface area contributed by atoms with Crippen molar-refractivity contribution in [1.82, 2.24) is 9.47 Å². The standard InChI is InChI=1S/C23H23N4O6S/c1-12-22-25(11-24(12)3)9-18(34-22)16-8-17-19(13(2)28)21(29)26(17)20(16)23(30)33-10-14-4-6-15(7-5-14)27(31)32/h4-7,9,11,13,17,19,28H,8,10H2,1-3H3/q+1/t13-,17-,19-/m1/s1. The van der Waals surface area contributed by atoms with Gasteiger partial charge in [0.1, 0.15) is 18.5 Å². The van der Waals surface area contributed by atoms with E-state index in [-0.39, 0.29) is 29.9 Å². The summed E-state index contributed by atoms with van der Waals surface area (Å²) in [4.78, 5) is 39.7. The molecule has 3 atom stereocenters. The van der Waals surface area contributed by atoms with Crippen LogP contribution in [0.2, 0.25) is 0 Å². The average molecular weight is 484 g/mol. The first kappa shape index (κ1) is 22.2. The first-order chi connectivity index (χ1) is 16.2. The molecule has 1 amide bonds. The van der Waals surface area contributed by atoms with Crippen molar-refractivity contribution in [2.24, 2.45) is 13.0 Å². The van der Waals surface area contributed by atoms with Gasteiger partial charge in [0.15, 0.2) is 5.69 Å². The molecule has 2 aromatic heterocycles. The summed E-state index contributed by atoms with van der Waals surface area (Å²) in [5.41, 5.74) is 2.57. The van der Waals surface area contributed by atoms with Crippen LogP contribution in [0.15, 0.2) is 42.5 Å². The number of aliphatic hydroxyl groups is 1. The highest BCUT2D eigenvalue weighted by molar-refractivity contribution is 7.18. The maximum absolute atomic E-state index is 13.2. The Balaban J connectivity index is 1.46. The second kappa shape index (κ2) is 8.03. The topological polar surface area (TPSA) is 119 Å². The highest BCUT2D eigenvalue weighted by Gasteiger charge is 2.57. The number of nitrogens with zero attached hydrogens (tertiary/aromatic N) is 4. The van der Waals surface area contributed by atoms with Crippen LogP contribution in [0.4, 0.5) is 5.69 Å². The molecule has 3 aromatic rings. The molecule has 0 bridgehead atoms. The number of ether oxygens (including phenoxy) is 1. The number of β-lactam (4-membered cyclic amide) rings is 1. The minimum atomic E-state index is -0.814. The number of nitro groups is 1. The fourth-order valence-corrected chi connectivity index (χ4v) is 5.86. The molecule has 1 fully saturated rings. The van der Waals surface area contributed by atoms with Gasteiger partial charge in [-0.2, -0.15) is 4.40 Å². The van der Waals surface area contributed by atoms with Crippen LogP contribution in [-0.4, -0.2) is 43.5 Å². The minimum Gasteiger partial charge on any atom is -0.456 e. The number of amides is 1. The Labute approximate surface area is 198 Å². The molecule has 0 unspecified atom stereocenters. The van der Waals surface area contributed by atoms with Crippen LogP contribution >= 0.6 is 11.3 Å². The number of nitro benzene ring substituents is 1. The van der Waals surface area contributed by atoms with Crippen LogP contribution < -0.4 is 4.40 Å². The number of thiazole rings is 1. The zero-order valence-electron chi connectivity index (χ0n) is 18.8. The third-order valence-corrected chi connectivity index (χ3v) is 7.84. The number of benzene rings is 1. The molecule has 34 heavy (non-hydrogen) atoms. The van der Waals surface area contributed by atoms with Crippen LogP contribution in [0.1, 0.15) is 29.5 Å². The van der Waals surface area contributed by atoms with Crippen LogP contribution in [0.3, 0.4) is 0 Å². The largest absolute Gasteiger partial charge is 0.456 e. The lowest BCUT2D eigenvalue weighted by molar-refractivity contribution is -0.508. The molecule has 0 aliphatic carbocycles. The second-order valence-electron chi connectivity index (χ2n) is 8.69. The quantitative estimate of drug-likeness (QED) is 0.189. The van der Waals surface area contributed by atoms with Gasteiger partial charge in [-0.15, -0.1) is 0 Å². The Morgan fingerprint density at radius 1 is 1.38 bits per heavy atom. The van der Waals surface area contributed by atoms with Gasteiger partial charge in [-0.3, -0.25) is 14.9 Å². The average Bonchev–Trinajstić information content (AvgIpc) is 3.43. The van der Waals surface area contributed by atoms with Crippen molar-refractivity contribution in [3.63, 3.8) is 0 Å². The Hall–Kier alpha value is -3.57. The van der Waals surface area contributed by atoms with E-state index < -0.39 is 22.9 Å². The molecule has 10 nitrogen and oxygen atoms in total. The summed E-state index contributed by atoms with van der Waals surface area (Å²) in [5.74, 6) is -1.47. The predicted octanol–water partition coefficient (Wildman–Crippen LogP) is 2.11. The molecule has 2 aliphatic heterocycles. The SMILES string of the molecule is Cc1c2sc(C3=C(C(=O)OCc4ccc([N+](=O)[O-])cc4)N4C(=O)[C@H]([C@@H](C)O)[C@H]4C3)c[n+]2cn1C. The zero-order chi connectivity index (χ0) is 24.3. The Morgan fingerprint density at radius 3 is 2.71 bits per heavy atom. The molecule has 0 spiro atoms. The number of aryl methyl sites for hydroxylation is 2. The fourth-order valence-electron chi connectivity index (χ4n) is 4.69. The summed E-state index contributed by atoms with van der Waals surface area (Å²) in [5, 5.41) is 20.9. The van der Waals surface area contributed by atoms with Crippen molar-refractivity contribution in [3.05, 3.63) is 68.7 Å². The number of hydrogen-bond donors (Lipinski definition) is 1. The first-order valence-corrected chi connectivity index (χ1v) is 11.6. The lowest BCUT2D eigenvalue weighted by Gasteiger charge is -2.44. The summed E-state index contributed by atoms with van der Waals surface area (Å²) >= 11 is 1.54. The molecule has 4 heterocycles. The Morgan fingerprint density at radius 2 is 2.09 bits per heavy atom. The number of rotatable bonds is 6. The molecule has 0 radical (unpaired) electrons. The highest BCUT2D eigenvalue weighted by atomic mass is 32.1. The van der Waals surface area contributed by atoms with Crippen LogP contribution in [-0.2, 0) is 28.0 Å². The summed E-state index contributed by atoms with van der Waals surface area (Å²) in [6, 6.07) is 5.47. The molecule has 2 aliphatic rings. The van der Waals surface area contributed by atoms with Gasteiger partial charge in [0.2, 0.25) is 17.1 Å². The second-order valence-corrected chi connectivity index (χ2v) is 9.72. The summed E-state index contributed by atoms with van der Waals surface area (Å²) in [6.07, 6.45) is 3.54. The third-order valence-electron chi connectivity index (χ3n) is 6.57. The van der Waals surface area contributed by atoms with E-state index >= 15 is 0 Å². The van der Waals surface area contributed by atoms with E-state index in [2.05, 4.69) is 0 Å². The van der Waals surface area contributed by atoms with Crippen LogP contribution in [0.5, 0.6) is 0 Å². The van der Waals surface area contributed by atoms with Gasteiger partial charge >= 0.3 is 5.97 Å². The van der Waals surface area contributed by atoms with Gasteiger partial charge in [-0.05, 0) is 31.0 Å². The van der Waals surface area contributed by atoms with E-state index in [4.69, 9.17) is 4.74 Å². The summed E-state index contributed by atoms with van der Waals surface area (Å²) < 4.78 is 9.53. The van der Waals surface area contributed by atoms with E-state index in [0.717, 1.165) is 21.0 Å². The first-order valence-electron chi connectivity index (χ1n) is 10.8. The molecular weight excluding hydrogens is 460 g/mol. The van der Waals surface area contributed by atoms with Gasteiger partial charge in [0.25, 0.3) is 5.69 Å². The van der Waals surface area contributed by atoms with Crippen LogP contribution in [0, 0.1) is 23.0 Å². The highest BCUT2D eigenvalue weighted by Crippen LogP contribution is 2.48. The number of fused-ring (bicyclic) bond motifs is 2. The number of esters is 1. The van der Waals surface area contributed by atoms with Gasteiger partial charge in [0.05, 0.1) is 34.9 Å². The zero-order valence-corrected chi connectivity index (χ0v) is 19.6. The van der Waals surface area contributed by atoms with Crippen molar-refractivity contribution in [2.45, 2.75) is 39.0 Å². The molecule has 0 saturated carbocycles. The summed E-state index contributed by atoms with van der Waals surface area (Å²) in [7, 11) is 1.96. The lowest BCUT2D eigenvalue weighted by Crippen LogP contribution is -2.61. The fraction of sp³-hybridized carbons (Fsp3) is 0.348. The normalized spacial score (nSPS) is 20.5. The molecule has 11 heteroatoms. The predicted molar refractivity (Wildman–Crippen MR) is 121 cm³/mol. The van der Waals surface area contributed by atoms with E-state index in [1.165, 1.54) is 40.5 Å². The van der Waals surface area contributed by atoms with Gasteiger partial charge in [-0.25, -0.2) is 9.36 Å². The summed E-state index contributed by atoms with van der Waals surface area (Å²) in [6.45, 7) is 3.52. The maximum Gasteiger partial charge on any atom is 0.355 e. The molecule has 1 N–H and O–H groups in total. The maximum atomic E-state index is 13.2. The van der Waals surface area contributed by atoms with Gasteiger partial charge < -0.3 is 14.7 Å². The molecule has 176 valence electrons. The van der Waals surface area contributed by atoms with E-state index in [1.54, 1.807) is 6.92 Å². The lowest BCUT2D eigenvalue weighted by atomic mass is 9.83. The Bertz CT molecular complexity index is 1370. The van der Waals surface area contributed by atoms with Crippen molar-refractivity contribution in [2.75, 3.05) is 0 Å². The molecular formula is C23H23N4O6S+. The van der Waals surface area contributed by atoms with Gasteiger partial charge in [0, 0.05) is 24.6 Å². The smallest absolute Gasteiger partial charge is 0.355 e. The molecule has 1 aromatic carbocycles. The number of hydrogen-bond acceptors (Lipinski definition) is 7. The van der Waals surface area contributed by atoms with E-state index in [0.29, 0.717) is 12.0 Å². The monoisotopic (exact) mass is 483 g/mol. The molecule has 5 rings (SSSR count). The van der Waals surface area contributed by atoms with Crippen molar-refractivity contribution >= 4 is 39.3 Å². The number of carbonyl (C=O) groups is 2. The number of imidazole rings is 1. The van der Waals surface area contributed by atoms with Crippen molar-refractivity contribution in [1.29, 1.82) is 0 Å². The van der Waals surface area contributed by atoms with Crippen molar-refractivity contribution in [3.8, 4) is 0 Å². The van der Waals surface area contributed by atoms with Crippen LogP contribution in [0.25, 0.3) is 10.4 Å². The van der Waals surface area contributed by atoms with Gasteiger partial charge in [-0.1, -0.05) is 11.3 Å². The minimum absolute atomic E-state index is 0.0492.